The third-order valence-electron chi connectivity index (χ3n) is 1.60. The van der Waals surface area contributed by atoms with E-state index < -0.39 is 5.97 Å². The van der Waals surface area contributed by atoms with Crippen molar-refractivity contribution in [3.63, 3.8) is 0 Å². The van der Waals surface area contributed by atoms with Crippen molar-refractivity contribution in [2.45, 2.75) is 12.8 Å². The molecule has 13 heavy (non-hydrogen) atoms. The summed E-state index contributed by atoms with van der Waals surface area (Å²) in [6.07, 6.45) is 3.11. The quantitative estimate of drug-likeness (QED) is 0.731. The van der Waals surface area contributed by atoms with Crippen LogP contribution < -0.4 is 5.43 Å². The number of aryl methyl sites for hydroxylation is 1. The molecular formula is C9H9NO3. The summed E-state index contributed by atoms with van der Waals surface area (Å²) in [6, 6.07) is 2.88. The first-order valence-corrected chi connectivity index (χ1v) is 3.85. The molecule has 0 atom stereocenters. The third-order valence-corrected chi connectivity index (χ3v) is 1.60. The minimum atomic E-state index is -0.904. The summed E-state index contributed by atoms with van der Waals surface area (Å²) in [7, 11) is 0. The molecule has 4 heteroatoms. The highest BCUT2D eigenvalue weighted by Crippen LogP contribution is 1.94. The van der Waals surface area contributed by atoms with Crippen LogP contribution in [0.3, 0.4) is 0 Å². The first-order valence-electron chi connectivity index (χ1n) is 3.85. The van der Waals surface area contributed by atoms with Gasteiger partial charge in [0, 0.05) is 30.4 Å². The molecule has 0 fully saturated rings. The normalized spacial score (nSPS) is 9.54. The number of aromatic nitrogens is 1. The Morgan fingerprint density at radius 2 is 2.08 bits per heavy atom. The summed E-state index contributed by atoms with van der Waals surface area (Å²) >= 11 is 0. The molecule has 0 amide bonds. The van der Waals surface area contributed by atoms with Gasteiger partial charge >= 0.3 is 5.97 Å². The number of aliphatic carboxylic acids is 1. The van der Waals surface area contributed by atoms with Crippen molar-refractivity contribution in [3.8, 4) is 0 Å². The van der Waals surface area contributed by atoms with Gasteiger partial charge in [0.05, 0.1) is 0 Å². The Morgan fingerprint density at radius 3 is 2.77 bits per heavy atom. The van der Waals surface area contributed by atoms with Crippen molar-refractivity contribution in [1.82, 2.24) is 4.98 Å². The highest BCUT2D eigenvalue weighted by Gasteiger charge is 2.00. The molecule has 0 aromatic carbocycles. The Kier molecular flexibility index (Phi) is 3.14. The van der Waals surface area contributed by atoms with E-state index in [1.807, 2.05) is 0 Å². The monoisotopic (exact) mass is 179 g/mol. The average Bonchev–Trinajstić information content (AvgIpc) is 2.27. The number of hydrogen-bond donors (Lipinski definition) is 1. The van der Waals surface area contributed by atoms with E-state index in [-0.39, 0.29) is 18.3 Å². The van der Waals surface area contributed by atoms with Gasteiger partial charge in [0.2, 0.25) is 0 Å². The van der Waals surface area contributed by atoms with Crippen LogP contribution in [0.1, 0.15) is 12.0 Å². The maximum Gasteiger partial charge on any atom is 0.303 e. The van der Waals surface area contributed by atoms with Gasteiger partial charge in [-0.1, -0.05) is 0 Å². The molecule has 0 saturated heterocycles. The van der Waals surface area contributed by atoms with E-state index >= 15 is 0 Å². The lowest BCUT2D eigenvalue weighted by molar-refractivity contribution is -0.136. The summed E-state index contributed by atoms with van der Waals surface area (Å²) in [5.41, 5.74) is 0.318. The predicted octanol–water partition coefficient (Wildman–Crippen LogP) is 0.459. The Morgan fingerprint density at radius 1 is 1.38 bits per heavy atom. The zero-order chi connectivity index (χ0) is 9.68. The first kappa shape index (κ1) is 9.38. The SMILES string of the molecule is O=C(O)CCc1ccnccc1=O. The van der Waals surface area contributed by atoms with Crippen LogP contribution in [0.15, 0.2) is 29.3 Å². The molecule has 1 N–H and O–H groups in total. The number of hydrogen-bond acceptors (Lipinski definition) is 3. The van der Waals surface area contributed by atoms with Crippen molar-refractivity contribution in [3.05, 3.63) is 40.3 Å². The van der Waals surface area contributed by atoms with Gasteiger partial charge in [-0.05, 0) is 12.5 Å². The molecule has 0 spiro atoms. The van der Waals surface area contributed by atoms with Crippen LogP contribution in [0.25, 0.3) is 0 Å². The molecule has 1 aromatic rings. The molecule has 0 aliphatic heterocycles. The van der Waals surface area contributed by atoms with E-state index in [1.54, 1.807) is 6.07 Å². The fourth-order valence-corrected chi connectivity index (χ4v) is 0.931. The molecule has 0 saturated carbocycles. The lowest BCUT2D eigenvalue weighted by Crippen LogP contribution is -2.06. The second-order valence-electron chi connectivity index (χ2n) is 2.56. The molecule has 1 aromatic heterocycles. The van der Waals surface area contributed by atoms with Crippen molar-refractivity contribution in [2.75, 3.05) is 0 Å². The highest BCUT2D eigenvalue weighted by molar-refractivity contribution is 5.67. The standard InChI is InChI=1S/C9H9NO3/c11-8-4-6-10-5-3-7(8)1-2-9(12)13/h3-6H,1-2H2,(H,12,13). The summed E-state index contributed by atoms with van der Waals surface area (Å²) in [4.78, 5) is 25.2. The molecule has 0 bridgehead atoms. The molecular weight excluding hydrogens is 170 g/mol. The minimum absolute atomic E-state index is 0.0285. The van der Waals surface area contributed by atoms with Crippen LogP contribution in [0.4, 0.5) is 0 Å². The summed E-state index contributed by atoms with van der Waals surface area (Å²) in [6.45, 7) is 0. The summed E-state index contributed by atoms with van der Waals surface area (Å²) in [5, 5.41) is 8.41. The maximum absolute atomic E-state index is 11.2. The lowest BCUT2D eigenvalue weighted by Gasteiger charge is -1.91. The van der Waals surface area contributed by atoms with Crippen LogP contribution >= 0.6 is 0 Å². The van der Waals surface area contributed by atoms with Crippen LogP contribution in [0, 0.1) is 0 Å². The van der Waals surface area contributed by atoms with Crippen LogP contribution in [-0.2, 0) is 11.2 Å². The number of carbonyl (C=O) groups is 1. The fraction of sp³-hybridized carbons (Fsp3) is 0.222. The Bertz CT molecular complexity index is 362. The topological polar surface area (TPSA) is 67.3 Å². The maximum atomic E-state index is 11.2. The number of nitrogens with zero attached hydrogens (tertiary/aromatic N) is 1. The zero-order valence-corrected chi connectivity index (χ0v) is 6.93. The smallest absolute Gasteiger partial charge is 0.303 e. The molecule has 4 nitrogen and oxygen atoms in total. The zero-order valence-electron chi connectivity index (χ0n) is 6.93. The van der Waals surface area contributed by atoms with E-state index in [0.29, 0.717) is 5.56 Å². The van der Waals surface area contributed by atoms with E-state index in [1.165, 1.54) is 18.5 Å². The van der Waals surface area contributed by atoms with Gasteiger partial charge in [0.25, 0.3) is 0 Å². The number of carboxylic acid groups (broad SMARTS) is 1. The minimum Gasteiger partial charge on any atom is -0.481 e. The van der Waals surface area contributed by atoms with Gasteiger partial charge in [0.1, 0.15) is 0 Å². The molecule has 0 aliphatic rings. The van der Waals surface area contributed by atoms with Crippen molar-refractivity contribution in [2.24, 2.45) is 0 Å². The van der Waals surface area contributed by atoms with E-state index in [9.17, 15) is 9.59 Å². The largest absolute Gasteiger partial charge is 0.481 e. The van der Waals surface area contributed by atoms with Gasteiger partial charge in [-0.25, -0.2) is 0 Å². The van der Waals surface area contributed by atoms with Gasteiger partial charge < -0.3 is 5.11 Å². The van der Waals surface area contributed by atoms with Crippen molar-refractivity contribution < 1.29 is 9.90 Å². The molecule has 0 aliphatic carbocycles. The fourth-order valence-electron chi connectivity index (χ4n) is 0.931. The number of rotatable bonds is 3. The van der Waals surface area contributed by atoms with Gasteiger partial charge in [-0.15, -0.1) is 0 Å². The van der Waals surface area contributed by atoms with Crippen molar-refractivity contribution in [1.29, 1.82) is 0 Å². The predicted molar refractivity (Wildman–Crippen MR) is 46.5 cm³/mol. The Labute approximate surface area is 74.9 Å². The summed E-state index contributed by atoms with van der Waals surface area (Å²) < 4.78 is 0. The molecule has 1 heterocycles. The molecule has 0 radical (unpaired) electrons. The van der Waals surface area contributed by atoms with Crippen molar-refractivity contribution >= 4 is 5.97 Å². The second-order valence-corrected chi connectivity index (χ2v) is 2.56. The third kappa shape index (κ3) is 3.02. The molecule has 68 valence electrons. The second kappa shape index (κ2) is 4.35. The average molecular weight is 179 g/mol. The van der Waals surface area contributed by atoms with Gasteiger partial charge in [0.15, 0.2) is 5.43 Å². The van der Waals surface area contributed by atoms with Crippen LogP contribution in [0.2, 0.25) is 0 Å². The Balaban J connectivity index is 2.84. The van der Waals surface area contributed by atoms with Crippen LogP contribution in [-0.4, -0.2) is 16.1 Å². The number of carboxylic acids is 1. The molecule has 1 rings (SSSR count). The van der Waals surface area contributed by atoms with E-state index in [4.69, 9.17) is 5.11 Å². The lowest BCUT2D eigenvalue weighted by atomic mass is 10.1. The van der Waals surface area contributed by atoms with Gasteiger partial charge in [-0.2, -0.15) is 0 Å². The summed E-state index contributed by atoms with van der Waals surface area (Å²) in [5.74, 6) is -0.904. The molecule has 0 unspecified atom stereocenters. The highest BCUT2D eigenvalue weighted by atomic mass is 16.4. The van der Waals surface area contributed by atoms with E-state index in [2.05, 4.69) is 4.98 Å². The first-order chi connectivity index (χ1) is 6.20. The van der Waals surface area contributed by atoms with Gasteiger partial charge in [-0.3, -0.25) is 14.6 Å². The Hall–Kier alpha value is -1.71. The van der Waals surface area contributed by atoms with E-state index in [0.717, 1.165) is 0 Å². The van der Waals surface area contributed by atoms with Crippen LogP contribution in [0.5, 0.6) is 0 Å².